The van der Waals surface area contributed by atoms with Gasteiger partial charge in [0, 0.05) is 38.3 Å². The highest BCUT2D eigenvalue weighted by Gasteiger charge is 2.41. The Morgan fingerprint density at radius 1 is 1.12 bits per heavy atom. The van der Waals surface area contributed by atoms with E-state index in [0.717, 1.165) is 31.8 Å². The van der Waals surface area contributed by atoms with Crippen molar-refractivity contribution in [1.29, 1.82) is 0 Å². The van der Waals surface area contributed by atoms with Crippen molar-refractivity contribution in [2.45, 2.75) is 36.6 Å². The van der Waals surface area contributed by atoms with Crippen LogP contribution >= 0.6 is 0 Å². The number of H-pyrrole nitrogens is 1. The van der Waals surface area contributed by atoms with E-state index in [9.17, 15) is 13.2 Å². The molecule has 2 bridgehead atoms. The van der Waals surface area contributed by atoms with E-state index >= 15 is 0 Å². The summed E-state index contributed by atoms with van der Waals surface area (Å²) in [5.74, 6) is 0.646. The number of rotatable bonds is 4. The molecule has 2 atom stereocenters. The van der Waals surface area contributed by atoms with Crippen molar-refractivity contribution in [2.24, 2.45) is 11.8 Å². The molecule has 26 heavy (non-hydrogen) atoms. The summed E-state index contributed by atoms with van der Waals surface area (Å²) >= 11 is 0. The molecule has 2 aromatic rings. The summed E-state index contributed by atoms with van der Waals surface area (Å²) in [6.45, 7) is 3.27. The van der Waals surface area contributed by atoms with Crippen LogP contribution in [0.3, 0.4) is 0 Å². The quantitative estimate of drug-likeness (QED) is 0.875. The first-order chi connectivity index (χ1) is 12.5. The van der Waals surface area contributed by atoms with E-state index in [0.29, 0.717) is 30.6 Å². The summed E-state index contributed by atoms with van der Waals surface area (Å²) in [6, 6.07) is 4.92. The van der Waals surface area contributed by atoms with E-state index in [1.807, 2.05) is 0 Å². The number of aromatic nitrogens is 1. The molecule has 1 aromatic carbocycles. The van der Waals surface area contributed by atoms with Crippen molar-refractivity contribution in [3.8, 4) is 0 Å². The SMILES string of the molecule is O=c1[nH]c2ccc(S(=O)(=O)N3CC4CCC(C3)N(CC3CC3)C4)cc2o1. The van der Waals surface area contributed by atoms with Crippen LogP contribution in [0.25, 0.3) is 11.1 Å². The molecule has 6 rings (SSSR count). The Morgan fingerprint density at radius 3 is 2.77 bits per heavy atom. The van der Waals surface area contributed by atoms with Gasteiger partial charge in [-0.25, -0.2) is 13.2 Å². The van der Waals surface area contributed by atoms with E-state index in [-0.39, 0.29) is 10.5 Å². The lowest BCUT2D eigenvalue weighted by molar-refractivity contribution is 0.127. The monoisotopic (exact) mass is 377 g/mol. The number of nitrogens with zero attached hydrogens (tertiary/aromatic N) is 2. The molecule has 1 N–H and O–H groups in total. The highest BCUT2D eigenvalue weighted by atomic mass is 32.2. The van der Waals surface area contributed by atoms with Gasteiger partial charge in [-0.15, -0.1) is 0 Å². The molecule has 1 aromatic heterocycles. The third kappa shape index (κ3) is 2.90. The third-order valence-corrected chi connectivity index (χ3v) is 7.84. The molecular formula is C18H23N3O4S. The lowest BCUT2D eigenvalue weighted by Crippen LogP contribution is -2.45. The number of aromatic amines is 1. The van der Waals surface area contributed by atoms with Gasteiger partial charge in [0.05, 0.1) is 10.4 Å². The van der Waals surface area contributed by atoms with Gasteiger partial charge >= 0.3 is 5.76 Å². The maximum atomic E-state index is 13.2. The standard InChI is InChI=1S/C18H23N3O4S/c22-18-19-16-6-5-15(7-17(16)25-18)26(23,24)21-10-13-3-4-14(11-21)20(9-13)8-12-1-2-12/h5-7,12-14H,1-4,8-11H2,(H,19,22). The maximum absolute atomic E-state index is 13.2. The Kier molecular flexibility index (Phi) is 3.77. The molecule has 4 heterocycles. The normalized spacial score (nSPS) is 27.8. The number of hydrogen-bond donors (Lipinski definition) is 1. The van der Waals surface area contributed by atoms with Gasteiger partial charge < -0.3 is 4.42 Å². The topological polar surface area (TPSA) is 86.6 Å². The summed E-state index contributed by atoms with van der Waals surface area (Å²) in [6.07, 6.45) is 4.81. The van der Waals surface area contributed by atoms with Gasteiger partial charge in [-0.05, 0) is 49.7 Å². The van der Waals surface area contributed by atoms with Crippen LogP contribution in [0.1, 0.15) is 25.7 Å². The van der Waals surface area contributed by atoms with Crippen LogP contribution in [0.4, 0.5) is 0 Å². The summed E-state index contributed by atoms with van der Waals surface area (Å²) < 4.78 is 33.1. The maximum Gasteiger partial charge on any atom is 0.417 e. The minimum atomic E-state index is -3.60. The molecule has 4 fully saturated rings. The molecule has 2 unspecified atom stereocenters. The number of oxazole rings is 1. The first-order valence-corrected chi connectivity index (χ1v) is 10.8. The van der Waals surface area contributed by atoms with Gasteiger partial charge in [-0.3, -0.25) is 9.88 Å². The van der Waals surface area contributed by atoms with Gasteiger partial charge in [0.1, 0.15) is 0 Å². The Morgan fingerprint density at radius 2 is 1.96 bits per heavy atom. The Bertz CT molecular complexity index is 991. The summed E-state index contributed by atoms with van der Waals surface area (Å²) in [5, 5.41) is 0. The second-order valence-electron chi connectivity index (χ2n) is 7.99. The molecule has 7 nitrogen and oxygen atoms in total. The van der Waals surface area contributed by atoms with Crippen LogP contribution in [0.15, 0.2) is 32.3 Å². The molecule has 1 saturated carbocycles. The van der Waals surface area contributed by atoms with Crippen LogP contribution < -0.4 is 5.76 Å². The molecule has 140 valence electrons. The molecule has 3 aliphatic heterocycles. The van der Waals surface area contributed by atoms with Crippen LogP contribution in [-0.2, 0) is 10.0 Å². The zero-order valence-corrected chi connectivity index (χ0v) is 15.4. The average molecular weight is 377 g/mol. The minimum Gasteiger partial charge on any atom is -0.408 e. The van der Waals surface area contributed by atoms with Gasteiger partial charge in [0.15, 0.2) is 5.58 Å². The lowest BCUT2D eigenvalue weighted by Gasteiger charge is -2.36. The van der Waals surface area contributed by atoms with Crippen molar-refractivity contribution in [3.05, 3.63) is 28.7 Å². The van der Waals surface area contributed by atoms with Gasteiger partial charge in [-0.2, -0.15) is 4.31 Å². The number of hydrogen-bond acceptors (Lipinski definition) is 5. The number of sulfonamides is 1. The van der Waals surface area contributed by atoms with Crippen molar-refractivity contribution in [1.82, 2.24) is 14.2 Å². The minimum absolute atomic E-state index is 0.197. The number of piperidine rings is 1. The average Bonchev–Trinajstić information content (AvgIpc) is 3.39. The molecule has 0 amide bonds. The number of fused-ring (bicyclic) bond motifs is 5. The van der Waals surface area contributed by atoms with Crippen LogP contribution in [0, 0.1) is 11.8 Å². The third-order valence-electron chi connectivity index (χ3n) is 6.01. The number of nitrogens with one attached hydrogen (secondary N) is 1. The van der Waals surface area contributed by atoms with E-state index in [4.69, 9.17) is 4.42 Å². The smallest absolute Gasteiger partial charge is 0.408 e. The van der Waals surface area contributed by atoms with Crippen molar-refractivity contribution in [2.75, 3.05) is 26.2 Å². The van der Waals surface area contributed by atoms with Crippen molar-refractivity contribution < 1.29 is 12.8 Å². The van der Waals surface area contributed by atoms with E-state index < -0.39 is 15.8 Å². The molecule has 3 saturated heterocycles. The molecule has 8 heteroatoms. The molecule has 0 radical (unpaired) electrons. The predicted molar refractivity (Wildman–Crippen MR) is 96.4 cm³/mol. The first kappa shape index (κ1) is 16.5. The fourth-order valence-corrected chi connectivity index (χ4v) is 5.99. The summed E-state index contributed by atoms with van der Waals surface area (Å²) in [4.78, 5) is 16.6. The second kappa shape index (κ2) is 5.94. The Labute approximate surface area is 152 Å². The van der Waals surface area contributed by atoms with Crippen LogP contribution in [-0.4, -0.2) is 54.8 Å². The van der Waals surface area contributed by atoms with Crippen LogP contribution in [0.5, 0.6) is 0 Å². The summed E-state index contributed by atoms with van der Waals surface area (Å²) in [7, 11) is -3.60. The van der Waals surface area contributed by atoms with Gasteiger partial charge in [0.25, 0.3) is 0 Å². The van der Waals surface area contributed by atoms with Gasteiger partial charge in [-0.1, -0.05) is 0 Å². The molecule has 4 aliphatic rings. The lowest BCUT2D eigenvalue weighted by atomic mass is 9.95. The van der Waals surface area contributed by atoms with E-state index in [1.54, 1.807) is 16.4 Å². The Hall–Kier alpha value is -1.64. The van der Waals surface area contributed by atoms with E-state index in [1.165, 1.54) is 18.9 Å². The highest BCUT2D eigenvalue weighted by Crippen LogP contribution is 2.36. The number of benzene rings is 1. The largest absolute Gasteiger partial charge is 0.417 e. The molecule has 1 aliphatic carbocycles. The molecule has 0 spiro atoms. The zero-order chi connectivity index (χ0) is 17.9. The second-order valence-corrected chi connectivity index (χ2v) is 9.93. The highest BCUT2D eigenvalue weighted by molar-refractivity contribution is 7.89. The van der Waals surface area contributed by atoms with Crippen molar-refractivity contribution in [3.63, 3.8) is 0 Å². The Balaban J connectivity index is 1.44. The summed E-state index contributed by atoms with van der Waals surface area (Å²) in [5.41, 5.74) is 0.796. The van der Waals surface area contributed by atoms with Crippen molar-refractivity contribution >= 4 is 21.1 Å². The zero-order valence-electron chi connectivity index (χ0n) is 14.6. The van der Waals surface area contributed by atoms with E-state index in [2.05, 4.69) is 9.88 Å². The van der Waals surface area contributed by atoms with Crippen LogP contribution in [0.2, 0.25) is 0 Å². The first-order valence-electron chi connectivity index (χ1n) is 9.36. The fraction of sp³-hybridized carbons (Fsp3) is 0.611. The molecular weight excluding hydrogens is 354 g/mol. The fourth-order valence-electron chi connectivity index (χ4n) is 4.42. The predicted octanol–water partition coefficient (Wildman–Crippen LogP) is 1.62. The van der Waals surface area contributed by atoms with Gasteiger partial charge in [0.2, 0.25) is 10.0 Å².